The average molecular weight is 543 g/mol. The van der Waals surface area contributed by atoms with Crippen molar-refractivity contribution in [3.8, 4) is 11.5 Å². The number of benzene rings is 1. The summed E-state index contributed by atoms with van der Waals surface area (Å²) in [7, 11) is 6.48. The van der Waals surface area contributed by atoms with E-state index in [0.717, 1.165) is 42.4 Å². The molecule has 1 N–H and O–H groups in total. The van der Waals surface area contributed by atoms with Gasteiger partial charge in [-0.1, -0.05) is 19.4 Å². The summed E-state index contributed by atoms with van der Waals surface area (Å²) in [6.45, 7) is 6.02. The van der Waals surface area contributed by atoms with Gasteiger partial charge in [-0.05, 0) is 36.6 Å². The largest absolute Gasteiger partial charge is 0.481 e. The molecule has 2 aliphatic heterocycles. The van der Waals surface area contributed by atoms with Gasteiger partial charge in [0.05, 0.1) is 40.2 Å². The van der Waals surface area contributed by atoms with E-state index in [1.54, 1.807) is 6.20 Å². The molecule has 1 fully saturated rings. The van der Waals surface area contributed by atoms with Crippen LogP contribution in [-0.4, -0.2) is 108 Å². The van der Waals surface area contributed by atoms with Crippen LogP contribution in [0, 0.1) is 5.92 Å². The maximum Gasteiger partial charge on any atom is 0.308 e. The first-order valence-corrected chi connectivity index (χ1v) is 14.1. The minimum Gasteiger partial charge on any atom is -0.481 e. The second-order valence-corrected chi connectivity index (χ2v) is 11.7. The van der Waals surface area contributed by atoms with Crippen molar-refractivity contribution in [1.29, 1.82) is 0 Å². The molecular weight excluding hydrogens is 498 g/mol. The van der Waals surface area contributed by atoms with E-state index in [4.69, 9.17) is 9.47 Å². The lowest BCUT2D eigenvalue weighted by Crippen LogP contribution is -2.45. The van der Waals surface area contributed by atoms with Gasteiger partial charge in [0.15, 0.2) is 11.5 Å². The first-order valence-electron chi connectivity index (χ1n) is 14.1. The van der Waals surface area contributed by atoms with E-state index in [2.05, 4.69) is 38.1 Å². The Balaban J connectivity index is 1.55. The molecule has 4 rings (SSSR count). The number of fused-ring (bicyclic) bond motifs is 1. The number of hydrogen-bond acceptors (Lipinski definition) is 6. The summed E-state index contributed by atoms with van der Waals surface area (Å²) < 4.78 is 13.7. The zero-order chi connectivity index (χ0) is 28.0. The van der Waals surface area contributed by atoms with Crippen LogP contribution in [0.5, 0.6) is 11.5 Å². The van der Waals surface area contributed by atoms with Crippen molar-refractivity contribution in [2.24, 2.45) is 5.92 Å². The smallest absolute Gasteiger partial charge is 0.308 e. The predicted octanol–water partition coefficient (Wildman–Crippen LogP) is 2.90. The van der Waals surface area contributed by atoms with Gasteiger partial charge in [-0.2, -0.15) is 5.10 Å². The van der Waals surface area contributed by atoms with Gasteiger partial charge in [-0.25, -0.2) is 0 Å². The highest BCUT2D eigenvalue weighted by molar-refractivity contribution is 5.79. The van der Waals surface area contributed by atoms with Crippen LogP contribution in [0.2, 0.25) is 0 Å². The summed E-state index contributed by atoms with van der Waals surface area (Å²) in [4.78, 5) is 30.5. The van der Waals surface area contributed by atoms with Crippen LogP contribution < -0.4 is 9.47 Å². The fourth-order valence-corrected chi connectivity index (χ4v) is 5.75. The number of quaternary nitrogens is 1. The monoisotopic (exact) mass is 542 g/mol. The molecule has 1 aromatic carbocycles. The number of aliphatic carboxylic acids is 1. The molecule has 1 amide bonds. The number of nitrogens with zero attached hydrogens (tertiary/aromatic N) is 5. The number of ether oxygens (including phenoxy) is 2. The first-order chi connectivity index (χ1) is 18.7. The fraction of sp³-hybridized carbons (Fsp3) is 0.621. The molecule has 1 aromatic heterocycles. The molecule has 10 heteroatoms. The Morgan fingerprint density at radius 3 is 2.62 bits per heavy atom. The highest BCUT2D eigenvalue weighted by Crippen LogP contribution is 2.42. The lowest BCUT2D eigenvalue weighted by Gasteiger charge is -2.30. The second-order valence-electron chi connectivity index (χ2n) is 11.7. The van der Waals surface area contributed by atoms with Crippen molar-refractivity contribution in [2.45, 2.75) is 51.1 Å². The van der Waals surface area contributed by atoms with Gasteiger partial charge in [-0.15, -0.1) is 0 Å². The maximum absolute atomic E-state index is 13.7. The van der Waals surface area contributed by atoms with Crippen LogP contribution in [0.15, 0.2) is 36.7 Å². The van der Waals surface area contributed by atoms with Crippen molar-refractivity contribution in [3.63, 3.8) is 0 Å². The Labute approximate surface area is 231 Å². The number of hydrogen-bond donors (Lipinski definition) is 1. The summed E-state index contributed by atoms with van der Waals surface area (Å²) in [5.41, 5.74) is 0.900. The van der Waals surface area contributed by atoms with E-state index in [9.17, 15) is 14.7 Å². The van der Waals surface area contributed by atoms with Crippen LogP contribution in [0.4, 0.5) is 0 Å². The number of aromatic nitrogens is 2. The highest BCUT2D eigenvalue weighted by atomic mass is 16.7. The normalized spacial score (nSPS) is 20.9. The highest BCUT2D eigenvalue weighted by Gasteiger charge is 2.47. The van der Waals surface area contributed by atoms with Gasteiger partial charge < -0.3 is 24.0 Å². The minimum absolute atomic E-state index is 0.0735. The standard InChI is InChI=1S/C29H43N5O5/c1-5-6-13-31(14-8-17-34(2,3)4)27(35)20-32-19-23(22-9-10-25-26(18-22)39-21-38-25)28(29(36)37)24(32)11-16-33-15-7-12-30-33/h7,9-10,12,15,18,23-24,28H,5-6,8,11,13-14,16-17,19-21H2,1-4H3/p+1/t23-,24+,28-/m1/s1. The minimum atomic E-state index is -0.844. The average Bonchev–Trinajstić information content (AvgIpc) is 3.63. The molecule has 3 heterocycles. The SMILES string of the molecule is CCCCN(CCC[N+](C)(C)C)C(=O)CN1C[C@H](c2ccc3c(c2)OCO3)[C@@H](C(=O)O)[C@@H]1CCn1cccn1. The van der Waals surface area contributed by atoms with Crippen molar-refractivity contribution in [2.75, 3.05) is 60.7 Å². The number of carbonyl (C=O) groups excluding carboxylic acids is 1. The molecule has 214 valence electrons. The summed E-state index contributed by atoms with van der Waals surface area (Å²) in [6.07, 6.45) is 7.10. The van der Waals surface area contributed by atoms with Crippen molar-refractivity contribution >= 4 is 11.9 Å². The number of carbonyl (C=O) groups is 2. The Morgan fingerprint density at radius 2 is 1.92 bits per heavy atom. The summed E-state index contributed by atoms with van der Waals surface area (Å²) in [5, 5.41) is 14.7. The van der Waals surface area contributed by atoms with Gasteiger partial charge in [0.25, 0.3) is 0 Å². The molecule has 0 saturated carbocycles. The number of amides is 1. The number of aryl methyl sites for hydroxylation is 1. The zero-order valence-electron chi connectivity index (χ0n) is 23.8. The third-order valence-corrected chi connectivity index (χ3v) is 7.80. The van der Waals surface area contributed by atoms with Crippen LogP contribution in [-0.2, 0) is 16.1 Å². The summed E-state index contributed by atoms with van der Waals surface area (Å²) in [6, 6.07) is 7.25. The molecule has 0 aliphatic carbocycles. The molecular formula is C29H44N5O5+. The van der Waals surface area contributed by atoms with Gasteiger partial charge in [-0.3, -0.25) is 19.2 Å². The lowest BCUT2D eigenvalue weighted by molar-refractivity contribution is -0.870. The fourth-order valence-electron chi connectivity index (χ4n) is 5.75. The lowest BCUT2D eigenvalue weighted by atomic mass is 9.84. The van der Waals surface area contributed by atoms with Crippen molar-refractivity contribution in [3.05, 3.63) is 42.2 Å². The van der Waals surface area contributed by atoms with E-state index in [0.29, 0.717) is 37.6 Å². The third kappa shape index (κ3) is 7.51. The Morgan fingerprint density at radius 1 is 1.15 bits per heavy atom. The van der Waals surface area contributed by atoms with E-state index < -0.39 is 11.9 Å². The predicted molar refractivity (Wildman–Crippen MR) is 148 cm³/mol. The molecule has 3 atom stereocenters. The maximum atomic E-state index is 13.7. The quantitative estimate of drug-likeness (QED) is 0.367. The number of likely N-dealkylation sites (tertiary alicyclic amines) is 1. The van der Waals surface area contributed by atoms with Gasteiger partial charge in [0.1, 0.15) is 0 Å². The molecule has 1 saturated heterocycles. The van der Waals surface area contributed by atoms with Crippen LogP contribution >= 0.6 is 0 Å². The van der Waals surface area contributed by atoms with E-state index in [-0.39, 0.29) is 31.2 Å². The van der Waals surface area contributed by atoms with Crippen molar-refractivity contribution in [1.82, 2.24) is 19.6 Å². The van der Waals surface area contributed by atoms with Gasteiger partial charge in [0.2, 0.25) is 12.7 Å². The topological polar surface area (TPSA) is 97.1 Å². The Hall–Kier alpha value is -3.11. The summed E-state index contributed by atoms with van der Waals surface area (Å²) >= 11 is 0. The number of unbranched alkanes of at least 4 members (excludes halogenated alkanes) is 1. The van der Waals surface area contributed by atoms with Crippen LogP contribution in [0.1, 0.15) is 44.1 Å². The molecule has 0 spiro atoms. The molecule has 39 heavy (non-hydrogen) atoms. The Kier molecular flexibility index (Phi) is 9.50. The van der Waals surface area contributed by atoms with E-state index >= 15 is 0 Å². The number of carboxylic acid groups (broad SMARTS) is 1. The second kappa shape index (κ2) is 12.8. The van der Waals surface area contributed by atoms with Crippen molar-refractivity contribution < 1.29 is 28.7 Å². The molecule has 0 bridgehead atoms. The Bertz CT molecular complexity index is 1100. The van der Waals surface area contributed by atoms with Gasteiger partial charge in [0, 0.05) is 57.0 Å². The first kappa shape index (κ1) is 28.9. The van der Waals surface area contributed by atoms with E-state index in [1.165, 1.54) is 0 Å². The third-order valence-electron chi connectivity index (χ3n) is 7.80. The molecule has 0 radical (unpaired) electrons. The zero-order valence-corrected chi connectivity index (χ0v) is 23.8. The number of carboxylic acids is 1. The molecule has 2 aromatic rings. The van der Waals surface area contributed by atoms with Crippen LogP contribution in [0.25, 0.3) is 0 Å². The van der Waals surface area contributed by atoms with Gasteiger partial charge >= 0.3 is 5.97 Å². The number of rotatable bonds is 14. The summed E-state index contributed by atoms with van der Waals surface area (Å²) in [5.74, 6) is -0.382. The molecule has 2 aliphatic rings. The van der Waals surface area contributed by atoms with E-state index in [1.807, 2.05) is 40.0 Å². The molecule has 0 unspecified atom stereocenters. The molecule has 10 nitrogen and oxygen atoms in total. The van der Waals surface area contributed by atoms with Crippen LogP contribution in [0.3, 0.4) is 0 Å².